The molecular formula is C12H21N5S. The second-order valence-corrected chi connectivity index (χ2v) is 6.39. The van der Waals surface area contributed by atoms with Gasteiger partial charge in [0, 0.05) is 32.2 Å². The predicted octanol–water partition coefficient (Wildman–Crippen LogP) is 1.25. The predicted molar refractivity (Wildman–Crippen MR) is 73.9 cm³/mol. The van der Waals surface area contributed by atoms with Gasteiger partial charge in [-0.25, -0.2) is 0 Å². The summed E-state index contributed by atoms with van der Waals surface area (Å²) in [5.41, 5.74) is 0. The third-order valence-electron chi connectivity index (χ3n) is 4.27. The van der Waals surface area contributed by atoms with Gasteiger partial charge >= 0.3 is 0 Å². The van der Waals surface area contributed by atoms with Gasteiger partial charge in [0.25, 0.3) is 0 Å². The molecule has 5 nitrogen and oxygen atoms in total. The summed E-state index contributed by atoms with van der Waals surface area (Å²) in [6, 6.07) is 1.55. The molecule has 3 heterocycles. The van der Waals surface area contributed by atoms with Crippen molar-refractivity contribution >= 4 is 16.5 Å². The maximum Gasteiger partial charge on any atom is 0.205 e. The monoisotopic (exact) mass is 267 g/mol. The van der Waals surface area contributed by atoms with Crippen molar-refractivity contribution in [2.45, 2.75) is 37.9 Å². The van der Waals surface area contributed by atoms with Crippen LogP contribution in [0.3, 0.4) is 0 Å². The number of anilines is 1. The van der Waals surface area contributed by atoms with Crippen LogP contribution in [0.25, 0.3) is 0 Å². The topological polar surface area (TPSA) is 44.3 Å². The van der Waals surface area contributed by atoms with Crippen LogP contribution in [0.5, 0.6) is 0 Å². The lowest BCUT2D eigenvalue weighted by Crippen LogP contribution is -2.36. The summed E-state index contributed by atoms with van der Waals surface area (Å²) >= 11 is 1.67. The zero-order valence-electron chi connectivity index (χ0n) is 11.1. The van der Waals surface area contributed by atoms with Gasteiger partial charge in [-0.2, -0.15) is 0 Å². The molecule has 0 aromatic carbocycles. The number of aromatic nitrogens is 2. The van der Waals surface area contributed by atoms with Crippen molar-refractivity contribution in [3.8, 4) is 0 Å². The van der Waals surface area contributed by atoms with E-state index < -0.39 is 0 Å². The van der Waals surface area contributed by atoms with Gasteiger partial charge in [0.05, 0.1) is 6.54 Å². The SMILES string of the molecule is CNc1nnc(CN2CCC3CCC(C2)N3C)s1. The van der Waals surface area contributed by atoms with E-state index in [1.165, 1.54) is 32.4 Å². The second-order valence-electron chi connectivity index (χ2n) is 5.33. The van der Waals surface area contributed by atoms with Crippen molar-refractivity contribution in [1.29, 1.82) is 0 Å². The molecule has 18 heavy (non-hydrogen) atoms. The Labute approximate surface area is 112 Å². The van der Waals surface area contributed by atoms with Crippen LogP contribution in [0.4, 0.5) is 5.13 Å². The number of likely N-dealkylation sites (tertiary alicyclic amines) is 1. The molecule has 0 saturated carbocycles. The summed E-state index contributed by atoms with van der Waals surface area (Å²) in [7, 11) is 4.18. The van der Waals surface area contributed by atoms with Crippen molar-refractivity contribution in [3.05, 3.63) is 5.01 Å². The number of fused-ring (bicyclic) bond motifs is 2. The number of nitrogens with zero attached hydrogens (tertiary/aromatic N) is 4. The Morgan fingerprint density at radius 3 is 2.89 bits per heavy atom. The summed E-state index contributed by atoms with van der Waals surface area (Å²) in [4.78, 5) is 5.12. The van der Waals surface area contributed by atoms with Gasteiger partial charge in [-0.15, -0.1) is 10.2 Å². The Bertz CT molecular complexity index is 407. The number of nitrogens with one attached hydrogen (secondary N) is 1. The Balaban J connectivity index is 1.63. The number of rotatable bonds is 3. The summed E-state index contributed by atoms with van der Waals surface area (Å²) in [6.07, 6.45) is 4.04. The average molecular weight is 267 g/mol. The van der Waals surface area contributed by atoms with Crippen molar-refractivity contribution in [2.24, 2.45) is 0 Å². The molecule has 2 aliphatic heterocycles. The van der Waals surface area contributed by atoms with E-state index in [0.29, 0.717) is 0 Å². The standard InChI is InChI=1S/C12H21N5S/c1-13-12-15-14-11(18-12)8-17-6-5-9-3-4-10(7-17)16(9)2/h9-10H,3-8H2,1-2H3,(H,13,15). The van der Waals surface area contributed by atoms with E-state index in [0.717, 1.165) is 28.8 Å². The molecule has 100 valence electrons. The van der Waals surface area contributed by atoms with Gasteiger partial charge < -0.3 is 5.32 Å². The van der Waals surface area contributed by atoms with Crippen LogP contribution in [-0.2, 0) is 6.54 Å². The zero-order chi connectivity index (χ0) is 12.5. The van der Waals surface area contributed by atoms with Crippen LogP contribution >= 0.6 is 11.3 Å². The Morgan fingerprint density at radius 1 is 1.28 bits per heavy atom. The largest absolute Gasteiger partial charge is 0.363 e. The van der Waals surface area contributed by atoms with E-state index in [4.69, 9.17) is 0 Å². The minimum Gasteiger partial charge on any atom is -0.363 e. The van der Waals surface area contributed by atoms with Gasteiger partial charge in [0.15, 0.2) is 0 Å². The van der Waals surface area contributed by atoms with Gasteiger partial charge in [-0.3, -0.25) is 9.80 Å². The molecule has 1 aromatic heterocycles. The Hall–Kier alpha value is -0.720. The third-order valence-corrected chi connectivity index (χ3v) is 5.20. The highest BCUT2D eigenvalue weighted by atomic mass is 32.1. The molecule has 0 spiro atoms. The van der Waals surface area contributed by atoms with Crippen LogP contribution in [0.2, 0.25) is 0 Å². The van der Waals surface area contributed by atoms with Crippen molar-refractivity contribution in [1.82, 2.24) is 20.0 Å². The first-order valence-corrected chi connectivity index (χ1v) is 7.52. The summed E-state index contributed by atoms with van der Waals surface area (Å²) in [6.45, 7) is 3.33. The summed E-state index contributed by atoms with van der Waals surface area (Å²) in [5, 5.41) is 13.4. The van der Waals surface area contributed by atoms with Crippen LogP contribution in [0, 0.1) is 0 Å². The molecule has 3 rings (SSSR count). The summed E-state index contributed by atoms with van der Waals surface area (Å²) in [5.74, 6) is 0. The lowest BCUT2D eigenvalue weighted by Gasteiger charge is -2.24. The highest BCUT2D eigenvalue weighted by Gasteiger charge is 2.34. The molecule has 2 unspecified atom stereocenters. The van der Waals surface area contributed by atoms with E-state index in [2.05, 4.69) is 32.4 Å². The lowest BCUT2D eigenvalue weighted by molar-refractivity contribution is 0.214. The van der Waals surface area contributed by atoms with Gasteiger partial charge in [0.1, 0.15) is 5.01 Å². The van der Waals surface area contributed by atoms with Gasteiger partial charge in [0.2, 0.25) is 5.13 Å². The molecule has 2 saturated heterocycles. The normalized spacial score (nSPS) is 29.4. The third kappa shape index (κ3) is 2.37. The number of hydrogen-bond acceptors (Lipinski definition) is 6. The van der Waals surface area contributed by atoms with E-state index in [1.54, 1.807) is 11.3 Å². The molecule has 0 aliphatic carbocycles. The quantitative estimate of drug-likeness (QED) is 0.893. The smallest absolute Gasteiger partial charge is 0.205 e. The fraction of sp³-hybridized carbons (Fsp3) is 0.833. The number of likely N-dealkylation sites (N-methyl/N-ethyl adjacent to an activating group) is 1. The molecule has 2 aliphatic rings. The highest BCUT2D eigenvalue weighted by Crippen LogP contribution is 2.29. The minimum atomic E-state index is 0.745. The van der Waals surface area contributed by atoms with E-state index in [-0.39, 0.29) is 0 Å². The van der Waals surface area contributed by atoms with Crippen LogP contribution in [-0.4, -0.2) is 59.3 Å². The van der Waals surface area contributed by atoms with Crippen molar-refractivity contribution in [2.75, 3.05) is 32.5 Å². The first kappa shape index (κ1) is 12.3. The first-order valence-electron chi connectivity index (χ1n) is 6.70. The molecule has 1 aromatic rings. The first-order chi connectivity index (χ1) is 8.76. The summed E-state index contributed by atoms with van der Waals surface area (Å²) < 4.78 is 0. The van der Waals surface area contributed by atoms with Crippen LogP contribution < -0.4 is 5.32 Å². The maximum absolute atomic E-state index is 4.24. The van der Waals surface area contributed by atoms with Crippen molar-refractivity contribution in [3.63, 3.8) is 0 Å². The Kier molecular flexibility index (Phi) is 3.50. The molecule has 2 atom stereocenters. The van der Waals surface area contributed by atoms with E-state index in [1.807, 2.05) is 7.05 Å². The molecule has 0 radical (unpaired) electrons. The zero-order valence-corrected chi connectivity index (χ0v) is 11.9. The fourth-order valence-corrected chi connectivity index (χ4v) is 3.87. The molecule has 1 N–H and O–H groups in total. The second kappa shape index (κ2) is 5.11. The number of hydrogen-bond donors (Lipinski definition) is 1. The fourth-order valence-electron chi connectivity index (χ4n) is 3.13. The van der Waals surface area contributed by atoms with Gasteiger partial charge in [-0.1, -0.05) is 11.3 Å². The minimum absolute atomic E-state index is 0.745. The molecular weight excluding hydrogens is 246 g/mol. The molecule has 2 fully saturated rings. The van der Waals surface area contributed by atoms with E-state index in [9.17, 15) is 0 Å². The van der Waals surface area contributed by atoms with Gasteiger partial charge in [-0.05, 0) is 26.3 Å². The van der Waals surface area contributed by atoms with Crippen LogP contribution in [0.1, 0.15) is 24.3 Å². The highest BCUT2D eigenvalue weighted by molar-refractivity contribution is 7.15. The maximum atomic E-state index is 4.24. The average Bonchev–Trinajstić information content (AvgIpc) is 2.89. The molecule has 2 bridgehead atoms. The van der Waals surface area contributed by atoms with Crippen molar-refractivity contribution < 1.29 is 0 Å². The van der Waals surface area contributed by atoms with Crippen LogP contribution in [0.15, 0.2) is 0 Å². The van der Waals surface area contributed by atoms with E-state index >= 15 is 0 Å². The molecule has 0 amide bonds. The lowest BCUT2D eigenvalue weighted by atomic mass is 10.1. The Morgan fingerprint density at radius 2 is 2.11 bits per heavy atom. The molecule has 6 heteroatoms.